The Morgan fingerprint density at radius 2 is 2.07 bits per heavy atom. The van der Waals surface area contributed by atoms with Crippen molar-refractivity contribution in [3.05, 3.63) is 0 Å². The van der Waals surface area contributed by atoms with Crippen LogP contribution in [0.2, 0.25) is 0 Å². The summed E-state index contributed by atoms with van der Waals surface area (Å²) in [6, 6.07) is 0.154. The van der Waals surface area contributed by atoms with Gasteiger partial charge in [0.15, 0.2) is 0 Å². The Labute approximate surface area is 84.7 Å². The van der Waals surface area contributed by atoms with Gasteiger partial charge >= 0.3 is 6.03 Å². The minimum absolute atomic E-state index is 0.0353. The standard InChI is InChI=1S/C10H18N2O2/c1-3-12(2)10(14)11-8-4-6-9(13)7-5-8/h8H,3-7H2,1-2H3,(H,11,14). The Morgan fingerprint density at radius 3 is 2.57 bits per heavy atom. The lowest BCUT2D eigenvalue weighted by atomic mass is 9.94. The molecule has 80 valence electrons. The third-order valence-electron chi connectivity index (χ3n) is 2.69. The van der Waals surface area contributed by atoms with Crippen molar-refractivity contribution < 1.29 is 9.59 Å². The quantitative estimate of drug-likeness (QED) is 0.723. The van der Waals surface area contributed by atoms with E-state index < -0.39 is 0 Å². The molecular formula is C10H18N2O2. The van der Waals surface area contributed by atoms with E-state index in [1.807, 2.05) is 6.92 Å². The van der Waals surface area contributed by atoms with Crippen LogP contribution in [0.3, 0.4) is 0 Å². The van der Waals surface area contributed by atoms with Crippen molar-refractivity contribution in [1.29, 1.82) is 0 Å². The van der Waals surface area contributed by atoms with Crippen LogP contribution in [0.25, 0.3) is 0 Å². The van der Waals surface area contributed by atoms with Gasteiger partial charge in [-0.1, -0.05) is 0 Å². The first kappa shape index (κ1) is 11.0. The molecule has 1 fully saturated rings. The van der Waals surface area contributed by atoms with Gasteiger partial charge in [-0.25, -0.2) is 4.79 Å². The fourth-order valence-electron chi connectivity index (χ4n) is 1.51. The van der Waals surface area contributed by atoms with E-state index in [1.54, 1.807) is 11.9 Å². The molecule has 14 heavy (non-hydrogen) atoms. The molecule has 0 aromatic rings. The smallest absolute Gasteiger partial charge is 0.317 e. The summed E-state index contributed by atoms with van der Waals surface area (Å²) in [5.74, 6) is 0.319. The Kier molecular flexibility index (Phi) is 3.92. The zero-order valence-corrected chi connectivity index (χ0v) is 8.88. The van der Waals surface area contributed by atoms with Gasteiger partial charge < -0.3 is 10.2 Å². The summed E-state index contributed by atoms with van der Waals surface area (Å²) in [6.45, 7) is 2.64. The van der Waals surface area contributed by atoms with Gasteiger partial charge in [-0.3, -0.25) is 4.79 Å². The predicted molar refractivity (Wildman–Crippen MR) is 54.1 cm³/mol. The summed E-state index contributed by atoms with van der Waals surface area (Å²) in [5.41, 5.74) is 0. The minimum atomic E-state index is -0.0353. The van der Waals surface area contributed by atoms with Crippen molar-refractivity contribution in [1.82, 2.24) is 10.2 Å². The van der Waals surface area contributed by atoms with Crippen LogP contribution in [0.5, 0.6) is 0 Å². The lowest BCUT2D eigenvalue weighted by Crippen LogP contribution is -2.44. The average Bonchev–Trinajstić information content (AvgIpc) is 2.20. The number of carbonyl (C=O) groups is 2. The molecule has 1 aliphatic rings. The Hall–Kier alpha value is -1.06. The van der Waals surface area contributed by atoms with E-state index in [2.05, 4.69) is 5.32 Å². The number of hydrogen-bond donors (Lipinski definition) is 1. The van der Waals surface area contributed by atoms with E-state index >= 15 is 0 Å². The minimum Gasteiger partial charge on any atom is -0.335 e. The molecule has 0 atom stereocenters. The number of amides is 2. The van der Waals surface area contributed by atoms with Crippen molar-refractivity contribution in [3.8, 4) is 0 Å². The zero-order chi connectivity index (χ0) is 10.6. The fraction of sp³-hybridized carbons (Fsp3) is 0.800. The second-order valence-corrected chi connectivity index (χ2v) is 3.78. The molecule has 1 rings (SSSR count). The van der Waals surface area contributed by atoms with Crippen molar-refractivity contribution in [2.45, 2.75) is 38.6 Å². The van der Waals surface area contributed by atoms with E-state index in [-0.39, 0.29) is 12.1 Å². The van der Waals surface area contributed by atoms with Crippen LogP contribution < -0.4 is 5.32 Å². The normalized spacial score (nSPS) is 18.0. The lowest BCUT2D eigenvalue weighted by Gasteiger charge is -2.25. The maximum absolute atomic E-state index is 11.5. The van der Waals surface area contributed by atoms with Crippen LogP contribution in [0, 0.1) is 0 Å². The molecule has 4 nitrogen and oxygen atoms in total. The summed E-state index contributed by atoms with van der Waals surface area (Å²) in [4.78, 5) is 24.1. The maximum atomic E-state index is 11.5. The summed E-state index contributed by atoms with van der Waals surface area (Å²) in [7, 11) is 1.77. The number of Topliss-reactive ketones (excluding diaryl/α,β-unsaturated/α-hetero) is 1. The summed E-state index contributed by atoms with van der Waals surface area (Å²) in [5, 5.41) is 2.92. The fourth-order valence-corrected chi connectivity index (χ4v) is 1.51. The van der Waals surface area contributed by atoms with E-state index in [1.165, 1.54) is 0 Å². The molecule has 1 N–H and O–H groups in total. The first-order valence-corrected chi connectivity index (χ1v) is 5.16. The number of rotatable bonds is 2. The molecular weight excluding hydrogens is 180 g/mol. The number of hydrogen-bond acceptors (Lipinski definition) is 2. The van der Waals surface area contributed by atoms with Crippen molar-refractivity contribution >= 4 is 11.8 Å². The first-order valence-electron chi connectivity index (χ1n) is 5.16. The summed E-state index contributed by atoms with van der Waals surface area (Å²) in [6.07, 6.45) is 2.81. The van der Waals surface area contributed by atoms with Gasteiger partial charge in [0.05, 0.1) is 0 Å². The van der Waals surface area contributed by atoms with Crippen LogP contribution >= 0.6 is 0 Å². The van der Waals surface area contributed by atoms with Gasteiger partial charge in [0.25, 0.3) is 0 Å². The number of urea groups is 1. The zero-order valence-electron chi connectivity index (χ0n) is 8.88. The van der Waals surface area contributed by atoms with Crippen molar-refractivity contribution in [3.63, 3.8) is 0 Å². The number of nitrogens with one attached hydrogen (secondary N) is 1. The molecule has 0 aromatic carbocycles. The number of nitrogens with zero attached hydrogens (tertiary/aromatic N) is 1. The molecule has 4 heteroatoms. The molecule has 0 bridgehead atoms. The lowest BCUT2D eigenvalue weighted by molar-refractivity contribution is -0.120. The highest BCUT2D eigenvalue weighted by Crippen LogP contribution is 2.14. The third kappa shape index (κ3) is 3.01. The van der Waals surface area contributed by atoms with Crippen LogP contribution in [-0.2, 0) is 4.79 Å². The van der Waals surface area contributed by atoms with Crippen LogP contribution in [-0.4, -0.2) is 36.3 Å². The predicted octanol–water partition coefficient (Wildman–Crippen LogP) is 1.16. The van der Waals surface area contributed by atoms with Gasteiger partial charge in [0.1, 0.15) is 5.78 Å². The highest BCUT2D eigenvalue weighted by atomic mass is 16.2. The molecule has 0 aliphatic heterocycles. The molecule has 1 saturated carbocycles. The van der Waals surface area contributed by atoms with Gasteiger partial charge in [-0.05, 0) is 19.8 Å². The summed E-state index contributed by atoms with van der Waals surface area (Å²) >= 11 is 0. The summed E-state index contributed by atoms with van der Waals surface area (Å²) < 4.78 is 0. The molecule has 0 spiro atoms. The van der Waals surface area contributed by atoms with Crippen LogP contribution in [0.4, 0.5) is 4.79 Å². The van der Waals surface area contributed by atoms with Crippen molar-refractivity contribution in [2.24, 2.45) is 0 Å². The van der Waals surface area contributed by atoms with Crippen LogP contribution in [0.1, 0.15) is 32.6 Å². The third-order valence-corrected chi connectivity index (χ3v) is 2.69. The maximum Gasteiger partial charge on any atom is 0.317 e. The second kappa shape index (κ2) is 4.98. The Balaban J connectivity index is 2.30. The highest BCUT2D eigenvalue weighted by molar-refractivity contribution is 5.80. The van der Waals surface area contributed by atoms with Gasteiger partial charge in [-0.2, -0.15) is 0 Å². The largest absolute Gasteiger partial charge is 0.335 e. The number of ketones is 1. The molecule has 1 aliphatic carbocycles. The second-order valence-electron chi connectivity index (χ2n) is 3.78. The molecule has 0 heterocycles. The average molecular weight is 198 g/mol. The molecule has 0 aromatic heterocycles. The Bertz CT molecular complexity index is 218. The van der Waals surface area contributed by atoms with E-state index in [0.29, 0.717) is 25.2 Å². The highest BCUT2D eigenvalue weighted by Gasteiger charge is 2.20. The van der Waals surface area contributed by atoms with E-state index in [0.717, 1.165) is 12.8 Å². The number of carbonyl (C=O) groups excluding carboxylic acids is 2. The van der Waals surface area contributed by atoms with E-state index in [4.69, 9.17) is 0 Å². The molecule has 0 saturated heterocycles. The Morgan fingerprint density at radius 1 is 1.50 bits per heavy atom. The van der Waals surface area contributed by atoms with Gasteiger partial charge in [0, 0.05) is 32.5 Å². The van der Waals surface area contributed by atoms with Crippen LogP contribution in [0.15, 0.2) is 0 Å². The van der Waals surface area contributed by atoms with E-state index in [9.17, 15) is 9.59 Å². The van der Waals surface area contributed by atoms with Gasteiger partial charge in [-0.15, -0.1) is 0 Å². The topological polar surface area (TPSA) is 49.4 Å². The monoisotopic (exact) mass is 198 g/mol. The molecule has 2 amide bonds. The SMILES string of the molecule is CCN(C)C(=O)NC1CCC(=O)CC1. The first-order chi connectivity index (χ1) is 6.63. The molecule has 0 unspecified atom stereocenters. The van der Waals surface area contributed by atoms with Gasteiger partial charge in [0.2, 0.25) is 0 Å². The molecule has 0 radical (unpaired) electrons. The van der Waals surface area contributed by atoms with Crippen molar-refractivity contribution in [2.75, 3.05) is 13.6 Å².